The van der Waals surface area contributed by atoms with E-state index < -0.39 is 0 Å². The molecular weight excluding hydrogens is 396 g/mol. The molecule has 1 N–H and O–H groups in total. The van der Waals surface area contributed by atoms with Gasteiger partial charge in [-0.25, -0.2) is 4.98 Å². The molecule has 0 radical (unpaired) electrons. The number of benzene rings is 2. The fourth-order valence-corrected chi connectivity index (χ4v) is 4.41. The number of nitrogens with zero attached hydrogens (tertiary/aromatic N) is 3. The summed E-state index contributed by atoms with van der Waals surface area (Å²) < 4.78 is 0. The zero-order chi connectivity index (χ0) is 20.7. The Morgan fingerprint density at radius 3 is 2.60 bits per heavy atom. The predicted molar refractivity (Wildman–Crippen MR) is 121 cm³/mol. The zero-order valence-electron chi connectivity index (χ0n) is 16.9. The molecule has 1 aliphatic heterocycles. The van der Waals surface area contributed by atoms with Gasteiger partial charge in [0.2, 0.25) is 0 Å². The molecule has 30 heavy (non-hydrogen) atoms. The molecule has 0 aliphatic carbocycles. The number of nitrogens with one attached hydrogen (secondary N) is 1. The normalized spacial score (nSPS) is 15.2. The van der Waals surface area contributed by atoms with Crippen molar-refractivity contribution in [3.05, 3.63) is 76.6 Å². The Kier molecular flexibility index (Phi) is 4.93. The lowest BCUT2D eigenvalue weighted by Gasteiger charge is -2.34. The summed E-state index contributed by atoms with van der Waals surface area (Å²) in [7, 11) is 0. The van der Waals surface area contributed by atoms with Gasteiger partial charge in [0, 0.05) is 49.0 Å². The van der Waals surface area contributed by atoms with Crippen molar-refractivity contribution in [2.24, 2.45) is 0 Å². The summed E-state index contributed by atoms with van der Waals surface area (Å²) >= 11 is 6.63. The molecule has 0 unspecified atom stereocenters. The lowest BCUT2D eigenvalue weighted by molar-refractivity contribution is 0.0622. The van der Waals surface area contributed by atoms with E-state index in [1.165, 1.54) is 0 Å². The highest BCUT2D eigenvalue weighted by molar-refractivity contribution is 6.32. The summed E-state index contributed by atoms with van der Waals surface area (Å²) in [6.07, 6.45) is 0. The van der Waals surface area contributed by atoms with E-state index in [2.05, 4.69) is 16.0 Å². The minimum absolute atomic E-state index is 0.0588. The van der Waals surface area contributed by atoms with E-state index in [-0.39, 0.29) is 5.91 Å². The molecule has 0 bridgehead atoms. The molecule has 152 valence electrons. The topological polar surface area (TPSA) is 52.2 Å². The minimum Gasteiger partial charge on any atom is -0.351 e. The van der Waals surface area contributed by atoms with Crippen molar-refractivity contribution in [3.8, 4) is 0 Å². The second kappa shape index (κ2) is 7.74. The Bertz CT molecular complexity index is 1210. The van der Waals surface area contributed by atoms with E-state index in [0.717, 1.165) is 51.2 Å². The predicted octanol–water partition coefficient (Wildman–Crippen LogP) is 4.64. The average Bonchev–Trinajstić information content (AvgIpc) is 3.22. The number of para-hydroxylation sites is 2. The Balaban J connectivity index is 1.28. The number of rotatable bonds is 3. The van der Waals surface area contributed by atoms with Crippen molar-refractivity contribution < 1.29 is 4.79 Å². The second-order valence-electron chi connectivity index (χ2n) is 7.85. The van der Waals surface area contributed by atoms with Crippen molar-refractivity contribution in [1.82, 2.24) is 19.8 Å². The number of fused-ring (bicyclic) bond motifs is 2. The third-order valence-corrected chi connectivity index (χ3v) is 6.44. The van der Waals surface area contributed by atoms with Gasteiger partial charge in [-0.1, -0.05) is 48.0 Å². The third kappa shape index (κ3) is 3.44. The van der Waals surface area contributed by atoms with Gasteiger partial charge in [0.1, 0.15) is 5.69 Å². The molecule has 4 aromatic rings. The minimum atomic E-state index is 0.0588. The Labute approximate surface area is 180 Å². The van der Waals surface area contributed by atoms with Gasteiger partial charge >= 0.3 is 0 Å². The summed E-state index contributed by atoms with van der Waals surface area (Å²) in [4.78, 5) is 25.2. The van der Waals surface area contributed by atoms with Crippen molar-refractivity contribution in [1.29, 1.82) is 0 Å². The van der Waals surface area contributed by atoms with Crippen LogP contribution >= 0.6 is 11.6 Å². The van der Waals surface area contributed by atoms with Gasteiger partial charge in [0.05, 0.1) is 16.2 Å². The van der Waals surface area contributed by atoms with Gasteiger partial charge in [-0.15, -0.1) is 0 Å². The number of carbonyl (C=O) groups is 1. The lowest BCUT2D eigenvalue weighted by Crippen LogP contribution is -2.48. The molecule has 2 aromatic carbocycles. The fourth-order valence-electron chi connectivity index (χ4n) is 4.20. The quantitative estimate of drug-likeness (QED) is 0.527. The molecule has 5 nitrogen and oxygen atoms in total. The van der Waals surface area contributed by atoms with Crippen LogP contribution in [0.5, 0.6) is 0 Å². The fraction of sp³-hybridized carbons (Fsp3) is 0.250. The Morgan fingerprint density at radius 2 is 1.80 bits per heavy atom. The van der Waals surface area contributed by atoms with Gasteiger partial charge in [-0.2, -0.15) is 0 Å². The maximum absolute atomic E-state index is 12.9. The number of H-pyrrole nitrogens is 1. The monoisotopic (exact) mass is 418 g/mol. The third-order valence-electron chi connectivity index (χ3n) is 5.94. The van der Waals surface area contributed by atoms with E-state index in [1.807, 2.05) is 60.4 Å². The number of carbonyl (C=O) groups excluding carboxylic acids is 1. The van der Waals surface area contributed by atoms with Crippen LogP contribution in [0.1, 0.15) is 21.7 Å². The maximum Gasteiger partial charge on any atom is 0.270 e. The highest BCUT2D eigenvalue weighted by atomic mass is 35.5. The van der Waals surface area contributed by atoms with Crippen molar-refractivity contribution >= 4 is 39.3 Å². The molecule has 1 fully saturated rings. The van der Waals surface area contributed by atoms with E-state index in [0.29, 0.717) is 25.3 Å². The van der Waals surface area contributed by atoms with Crippen LogP contribution in [-0.2, 0) is 6.54 Å². The van der Waals surface area contributed by atoms with E-state index >= 15 is 0 Å². The standard InChI is InChI=1S/C24H23ClN4O/c1-16-18-7-3-5-9-20(18)27-22(23(16)25)15-28-10-12-29(13-11-28)24(30)21-14-17-6-2-4-8-19(17)26-21/h2-9,14,26H,10-13,15H2,1H3. The van der Waals surface area contributed by atoms with Crippen LogP contribution < -0.4 is 0 Å². The Morgan fingerprint density at radius 1 is 1.07 bits per heavy atom. The number of aromatic nitrogens is 2. The number of piperazine rings is 1. The number of hydrogen-bond donors (Lipinski definition) is 1. The van der Waals surface area contributed by atoms with Crippen molar-refractivity contribution in [2.45, 2.75) is 13.5 Å². The van der Waals surface area contributed by atoms with Crippen molar-refractivity contribution in [2.75, 3.05) is 26.2 Å². The maximum atomic E-state index is 12.9. The van der Waals surface area contributed by atoms with E-state index in [4.69, 9.17) is 16.6 Å². The van der Waals surface area contributed by atoms with Crippen LogP contribution in [0.2, 0.25) is 5.02 Å². The van der Waals surface area contributed by atoms with Crippen LogP contribution in [0.25, 0.3) is 21.8 Å². The van der Waals surface area contributed by atoms with Crippen molar-refractivity contribution in [3.63, 3.8) is 0 Å². The van der Waals surface area contributed by atoms with Crippen LogP contribution in [0, 0.1) is 6.92 Å². The SMILES string of the molecule is Cc1c(Cl)c(CN2CCN(C(=O)c3cc4ccccc4[nH]3)CC2)nc2ccccc12. The first-order chi connectivity index (χ1) is 14.6. The van der Waals surface area contributed by atoms with E-state index in [1.54, 1.807) is 0 Å². The first kappa shape index (κ1) is 19.1. The number of halogens is 1. The lowest BCUT2D eigenvalue weighted by atomic mass is 10.1. The number of amides is 1. The summed E-state index contributed by atoms with van der Waals surface area (Å²) in [5.74, 6) is 0.0588. The van der Waals surface area contributed by atoms with Crippen LogP contribution in [0.4, 0.5) is 0 Å². The van der Waals surface area contributed by atoms with Crippen LogP contribution in [0.3, 0.4) is 0 Å². The molecule has 2 aromatic heterocycles. The molecule has 0 spiro atoms. The number of aromatic amines is 1. The molecule has 5 rings (SSSR count). The molecule has 1 aliphatic rings. The van der Waals surface area contributed by atoms with Gasteiger partial charge in [0.15, 0.2) is 0 Å². The largest absolute Gasteiger partial charge is 0.351 e. The van der Waals surface area contributed by atoms with Gasteiger partial charge in [-0.3, -0.25) is 9.69 Å². The summed E-state index contributed by atoms with van der Waals surface area (Å²) in [5.41, 5.74) is 4.60. The summed E-state index contributed by atoms with van der Waals surface area (Å²) in [6.45, 7) is 5.73. The summed E-state index contributed by atoms with van der Waals surface area (Å²) in [5, 5.41) is 2.90. The molecule has 6 heteroatoms. The second-order valence-corrected chi connectivity index (χ2v) is 8.23. The molecular formula is C24H23ClN4O. The molecule has 3 heterocycles. The first-order valence-electron chi connectivity index (χ1n) is 10.2. The van der Waals surface area contributed by atoms with Gasteiger partial charge in [-0.05, 0) is 30.7 Å². The van der Waals surface area contributed by atoms with Gasteiger partial charge < -0.3 is 9.88 Å². The first-order valence-corrected chi connectivity index (χ1v) is 10.6. The van der Waals surface area contributed by atoms with Gasteiger partial charge in [0.25, 0.3) is 5.91 Å². The number of hydrogen-bond acceptors (Lipinski definition) is 3. The highest BCUT2D eigenvalue weighted by Crippen LogP contribution is 2.28. The average molecular weight is 419 g/mol. The summed E-state index contributed by atoms with van der Waals surface area (Å²) in [6, 6.07) is 18.0. The smallest absolute Gasteiger partial charge is 0.270 e. The molecule has 0 atom stereocenters. The molecule has 1 amide bonds. The highest BCUT2D eigenvalue weighted by Gasteiger charge is 2.24. The van der Waals surface area contributed by atoms with Crippen LogP contribution in [-0.4, -0.2) is 51.9 Å². The number of aryl methyl sites for hydroxylation is 1. The number of pyridine rings is 1. The van der Waals surface area contributed by atoms with Crippen LogP contribution in [0.15, 0.2) is 54.6 Å². The molecule has 1 saturated heterocycles. The Hall–Kier alpha value is -2.89. The van der Waals surface area contributed by atoms with E-state index in [9.17, 15) is 4.79 Å². The zero-order valence-corrected chi connectivity index (χ0v) is 17.6. The molecule has 0 saturated carbocycles.